The van der Waals surface area contributed by atoms with Crippen molar-refractivity contribution in [3.8, 4) is 0 Å². The molecule has 0 aromatic carbocycles. The van der Waals surface area contributed by atoms with Gasteiger partial charge in [0.25, 0.3) is 0 Å². The molecule has 0 saturated carbocycles. The fourth-order valence-electron chi connectivity index (χ4n) is 2.26. The first-order chi connectivity index (χ1) is 9.15. The Morgan fingerprint density at radius 3 is 2.84 bits per heavy atom. The van der Waals surface area contributed by atoms with Crippen LogP contribution in [0, 0.1) is 0 Å². The minimum absolute atomic E-state index is 0.0732. The summed E-state index contributed by atoms with van der Waals surface area (Å²) in [6.07, 6.45) is 1.82. The summed E-state index contributed by atoms with van der Waals surface area (Å²) in [7, 11) is 0. The van der Waals surface area contributed by atoms with E-state index in [2.05, 4.69) is 10.1 Å². The lowest BCUT2D eigenvalue weighted by Gasteiger charge is -2.19. The quantitative estimate of drug-likeness (QED) is 0.852. The van der Waals surface area contributed by atoms with Crippen LogP contribution in [0.3, 0.4) is 0 Å². The maximum atomic E-state index is 10.9. The van der Waals surface area contributed by atoms with Crippen LogP contribution in [0.2, 0.25) is 5.15 Å². The van der Waals surface area contributed by atoms with Crippen LogP contribution < -0.4 is 0 Å². The van der Waals surface area contributed by atoms with E-state index in [4.69, 9.17) is 21.4 Å². The van der Waals surface area contributed by atoms with Crippen molar-refractivity contribution >= 4 is 23.2 Å². The minimum atomic E-state index is -1.10. The molecule has 1 aliphatic heterocycles. The van der Waals surface area contributed by atoms with Gasteiger partial charge in [-0.15, -0.1) is 0 Å². The second-order valence-corrected chi connectivity index (χ2v) is 4.88. The minimum Gasteiger partial charge on any atom is -0.477 e. The number of hydrogen-bond donors (Lipinski definition) is 1. The molecule has 100 valence electrons. The predicted octanol–water partition coefficient (Wildman–Crippen LogP) is 1.97. The van der Waals surface area contributed by atoms with Gasteiger partial charge in [-0.1, -0.05) is 11.6 Å². The number of ether oxygens (including phenoxy) is 1. The van der Waals surface area contributed by atoms with E-state index in [0.717, 1.165) is 31.7 Å². The van der Waals surface area contributed by atoms with Gasteiger partial charge in [0.1, 0.15) is 5.15 Å². The van der Waals surface area contributed by atoms with Gasteiger partial charge in [0.15, 0.2) is 11.3 Å². The number of hydrogen-bond acceptors (Lipinski definition) is 4. The van der Waals surface area contributed by atoms with E-state index < -0.39 is 5.97 Å². The molecule has 0 aliphatic carbocycles. The van der Waals surface area contributed by atoms with Crippen LogP contribution in [0.15, 0.2) is 12.1 Å². The van der Waals surface area contributed by atoms with E-state index in [0.29, 0.717) is 11.6 Å². The lowest BCUT2D eigenvalue weighted by Crippen LogP contribution is -2.14. The van der Waals surface area contributed by atoms with Crippen molar-refractivity contribution in [1.82, 2.24) is 14.6 Å². The molecule has 1 aliphatic rings. The maximum Gasteiger partial charge on any atom is 0.354 e. The second kappa shape index (κ2) is 4.79. The van der Waals surface area contributed by atoms with Crippen molar-refractivity contribution < 1.29 is 14.6 Å². The van der Waals surface area contributed by atoms with Crippen LogP contribution in [-0.2, 0) is 4.74 Å². The van der Waals surface area contributed by atoms with Gasteiger partial charge in [-0.25, -0.2) is 14.3 Å². The lowest BCUT2D eigenvalue weighted by atomic mass is 9.97. The highest BCUT2D eigenvalue weighted by molar-refractivity contribution is 6.30. The molecular weight excluding hydrogens is 270 g/mol. The zero-order chi connectivity index (χ0) is 13.4. The van der Waals surface area contributed by atoms with Crippen LogP contribution in [0.1, 0.15) is 34.9 Å². The van der Waals surface area contributed by atoms with Gasteiger partial charge in [-0.05, 0) is 12.8 Å². The molecule has 0 unspecified atom stereocenters. The fraction of sp³-hybridized carbons (Fsp3) is 0.417. The van der Waals surface area contributed by atoms with Crippen LogP contribution in [-0.4, -0.2) is 38.9 Å². The molecule has 0 amide bonds. The van der Waals surface area contributed by atoms with E-state index in [1.807, 2.05) is 0 Å². The number of carboxylic acid groups (broad SMARTS) is 1. The van der Waals surface area contributed by atoms with Gasteiger partial charge in [-0.3, -0.25) is 0 Å². The molecule has 1 saturated heterocycles. The topological polar surface area (TPSA) is 76.7 Å². The van der Waals surface area contributed by atoms with Crippen LogP contribution in [0.5, 0.6) is 0 Å². The third-order valence-corrected chi connectivity index (χ3v) is 3.53. The standard InChI is InChI=1S/C12H12ClN3O3/c13-10-5-9(12(17)18)14-11-6-8(15-16(10)11)7-1-3-19-4-2-7/h5-7H,1-4H2,(H,17,18). The number of carboxylic acids is 1. The highest BCUT2D eigenvalue weighted by atomic mass is 35.5. The van der Waals surface area contributed by atoms with Crippen LogP contribution in [0.25, 0.3) is 5.65 Å². The Balaban J connectivity index is 2.04. The summed E-state index contributed by atoms with van der Waals surface area (Å²) in [5.41, 5.74) is 1.28. The summed E-state index contributed by atoms with van der Waals surface area (Å²) in [6, 6.07) is 3.10. The van der Waals surface area contributed by atoms with Crippen molar-refractivity contribution in [1.29, 1.82) is 0 Å². The largest absolute Gasteiger partial charge is 0.477 e. The highest BCUT2D eigenvalue weighted by Crippen LogP contribution is 2.27. The third-order valence-electron chi connectivity index (χ3n) is 3.26. The Labute approximate surface area is 114 Å². The number of aromatic carboxylic acids is 1. The van der Waals surface area contributed by atoms with Crippen molar-refractivity contribution in [2.75, 3.05) is 13.2 Å². The van der Waals surface area contributed by atoms with Gasteiger partial charge in [0, 0.05) is 31.3 Å². The number of carbonyl (C=O) groups is 1. The molecular formula is C12H12ClN3O3. The van der Waals surface area contributed by atoms with Crippen molar-refractivity contribution in [2.24, 2.45) is 0 Å². The van der Waals surface area contributed by atoms with E-state index in [1.165, 1.54) is 10.6 Å². The van der Waals surface area contributed by atoms with Gasteiger partial charge in [-0.2, -0.15) is 5.10 Å². The summed E-state index contributed by atoms with van der Waals surface area (Å²) in [4.78, 5) is 15.0. The van der Waals surface area contributed by atoms with Crippen molar-refractivity contribution in [3.05, 3.63) is 28.7 Å². The Morgan fingerprint density at radius 1 is 1.42 bits per heavy atom. The lowest BCUT2D eigenvalue weighted by molar-refractivity contribution is 0.0690. The molecule has 1 N–H and O–H groups in total. The average molecular weight is 282 g/mol. The van der Waals surface area contributed by atoms with E-state index in [-0.39, 0.29) is 10.8 Å². The number of rotatable bonds is 2. The molecule has 2 aromatic heterocycles. The van der Waals surface area contributed by atoms with Crippen molar-refractivity contribution in [3.63, 3.8) is 0 Å². The fourth-order valence-corrected chi connectivity index (χ4v) is 2.49. The summed E-state index contributed by atoms with van der Waals surface area (Å²) in [5, 5.41) is 13.6. The molecule has 0 bridgehead atoms. The normalized spacial score (nSPS) is 16.9. The van der Waals surface area contributed by atoms with Crippen molar-refractivity contribution in [2.45, 2.75) is 18.8 Å². The number of nitrogens with zero attached hydrogens (tertiary/aromatic N) is 3. The molecule has 2 aromatic rings. The average Bonchev–Trinajstić information content (AvgIpc) is 2.84. The smallest absolute Gasteiger partial charge is 0.354 e. The monoisotopic (exact) mass is 281 g/mol. The van der Waals surface area contributed by atoms with E-state index >= 15 is 0 Å². The number of fused-ring (bicyclic) bond motifs is 1. The molecule has 7 heteroatoms. The zero-order valence-corrected chi connectivity index (χ0v) is 10.8. The Morgan fingerprint density at radius 2 is 2.16 bits per heavy atom. The maximum absolute atomic E-state index is 10.9. The number of aromatic nitrogens is 3. The number of halogens is 1. The predicted molar refractivity (Wildman–Crippen MR) is 67.8 cm³/mol. The zero-order valence-electron chi connectivity index (χ0n) is 10.0. The van der Waals surface area contributed by atoms with Gasteiger partial charge >= 0.3 is 5.97 Å². The molecule has 0 radical (unpaired) electrons. The molecule has 1 fully saturated rings. The van der Waals surface area contributed by atoms with E-state index in [1.54, 1.807) is 6.07 Å². The van der Waals surface area contributed by atoms with Gasteiger partial charge < -0.3 is 9.84 Å². The first-order valence-electron chi connectivity index (χ1n) is 6.02. The summed E-state index contributed by atoms with van der Waals surface area (Å²) < 4.78 is 6.79. The summed E-state index contributed by atoms with van der Waals surface area (Å²) in [5.74, 6) is -0.780. The first kappa shape index (κ1) is 12.4. The SMILES string of the molecule is O=C(O)c1cc(Cl)n2nc(C3CCOCC3)cc2n1. The Kier molecular flexibility index (Phi) is 3.12. The van der Waals surface area contributed by atoms with Gasteiger partial charge in [0.05, 0.1) is 5.69 Å². The molecule has 0 atom stereocenters. The molecule has 19 heavy (non-hydrogen) atoms. The summed E-state index contributed by atoms with van der Waals surface area (Å²) >= 11 is 6.03. The molecule has 3 heterocycles. The molecule has 6 nitrogen and oxygen atoms in total. The summed E-state index contributed by atoms with van der Waals surface area (Å²) in [6.45, 7) is 1.44. The highest BCUT2D eigenvalue weighted by Gasteiger charge is 2.20. The Bertz CT molecular complexity index is 634. The van der Waals surface area contributed by atoms with Crippen LogP contribution >= 0.6 is 11.6 Å². The van der Waals surface area contributed by atoms with E-state index in [9.17, 15) is 4.79 Å². The third kappa shape index (κ3) is 2.29. The van der Waals surface area contributed by atoms with Gasteiger partial charge in [0.2, 0.25) is 0 Å². The molecule has 0 spiro atoms. The first-order valence-corrected chi connectivity index (χ1v) is 6.40. The second-order valence-electron chi connectivity index (χ2n) is 4.50. The Hall–Kier alpha value is -1.66. The van der Waals surface area contributed by atoms with Crippen LogP contribution in [0.4, 0.5) is 0 Å². The molecule has 3 rings (SSSR count).